The molecule has 8 nitrogen and oxygen atoms in total. The second kappa shape index (κ2) is 12.6. The molecule has 0 aliphatic heterocycles. The van der Waals surface area contributed by atoms with Crippen molar-refractivity contribution in [3.8, 4) is 0 Å². The highest BCUT2D eigenvalue weighted by molar-refractivity contribution is 5.86. The molecule has 8 heteroatoms. The normalized spacial score (nSPS) is 9.73. The highest BCUT2D eigenvalue weighted by Crippen LogP contribution is 2.01. The van der Waals surface area contributed by atoms with Crippen molar-refractivity contribution >= 4 is 18.0 Å². The quantitative estimate of drug-likeness (QED) is 0.193. The Morgan fingerprint density at radius 3 is 2.41 bits per heavy atom. The molecule has 0 unspecified atom stereocenters. The van der Waals surface area contributed by atoms with Crippen LogP contribution >= 0.6 is 0 Å². The van der Waals surface area contributed by atoms with Gasteiger partial charge in [0.15, 0.2) is 0 Å². The Morgan fingerprint density at radius 1 is 1.05 bits per heavy atom. The van der Waals surface area contributed by atoms with Crippen LogP contribution in [0.4, 0.5) is 4.79 Å². The van der Waals surface area contributed by atoms with Crippen LogP contribution in [0.3, 0.4) is 0 Å². The number of esters is 1. The van der Waals surface area contributed by atoms with Gasteiger partial charge in [0.2, 0.25) is 0 Å². The fraction of sp³-hybridized carbons (Fsp3) is 0.643. The second-order valence-electron chi connectivity index (χ2n) is 4.47. The number of hydrogen-bond acceptors (Lipinski definition) is 7. The van der Waals surface area contributed by atoms with E-state index in [2.05, 4.69) is 22.2 Å². The minimum absolute atomic E-state index is 0.0639. The molecule has 0 atom stereocenters. The number of nitrogens with one attached hydrogen (secondary N) is 2. The average molecular weight is 316 g/mol. The molecule has 0 rings (SSSR count). The largest absolute Gasteiger partial charge is 0.460 e. The number of amides is 1. The van der Waals surface area contributed by atoms with Gasteiger partial charge >= 0.3 is 18.0 Å². The van der Waals surface area contributed by atoms with Crippen LogP contribution in [0.5, 0.6) is 0 Å². The molecule has 2 N–H and O–H groups in total. The SMILES string of the molecule is C=C(C)C(=O)OCCNC(=O)OCCCCCC(=O)ONC. The number of hydroxylamine groups is 1. The second-order valence-corrected chi connectivity index (χ2v) is 4.47. The number of alkyl carbamates (subject to hydrolysis) is 1. The molecule has 126 valence electrons. The standard InChI is InChI=1S/C14H24N2O6/c1-11(2)13(18)20-10-8-16-14(19)21-9-6-4-5-7-12(17)22-15-3/h15H,1,4-10H2,2-3H3,(H,16,19). The van der Waals surface area contributed by atoms with Crippen LogP contribution in [0.25, 0.3) is 0 Å². The lowest BCUT2D eigenvalue weighted by Crippen LogP contribution is -2.29. The van der Waals surface area contributed by atoms with Crippen LogP contribution in [0.2, 0.25) is 0 Å². The Balaban J connectivity index is 3.41. The van der Waals surface area contributed by atoms with Crippen LogP contribution in [-0.2, 0) is 23.9 Å². The number of carbonyl (C=O) groups is 3. The van der Waals surface area contributed by atoms with Gasteiger partial charge < -0.3 is 19.6 Å². The van der Waals surface area contributed by atoms with E-state index in [9.17, 15) is 14.4 Å². The van der Waals surface area contributed by atoms with E-state index in [4.69, 9.17) is 9.47 Å². The maximum Gasteiger partial charge on any atom is 0.407 e. The lowest BCUT2D eigenvalue weighted by atomic mass is 10.2. The summed E-state index contributed by atoms with van der Waals surface area (Å²) >= 11 is 0. The summed E-state index contributed by atoms with van der Waals surface area (Å²) in [5.74, 6) is -0.808. The first-order valence-electron chi connectivity index (χ1n) is 7.07. The summed E-state index contributed by atoms with van der Waals surface area (Å²) in [5, 5.41) is 2.45. The van der Waals surface area contributed by atoms with Crippen LogP contribution in [0.15, 0.2) is 12.2 Å². The van der Waals surface area contributed by atoms with Crippen molar-refractivity contribution in [2.45, 2.75) is 32.6 Å². The molecule has 0 aromatic rings. The molecule has 0 aliphatic carbocycles. The number of hydrogen-bond donors (Lipinski definition) is 2. The molecule has 1 amide bonds. The van der Waals surface area contributed by atoms with Gasteiger partial charge in [-0.05, 0) is 26.2 Å². The Labute approximate surface area is 130 Å². The third-order valence-corrected chi connectivity index (χ3v) is 2.43. The van der Waals surface area contributed by atoms with Gasteiger partial charge in [-0.3, -0.25) is 4.79 Å². The maximum atomic E-state index is 11.3. The summed E-state index contributed by atoms with van der Waals surface area (Å²) in [6.07, 6.45) is 1.83. The first-order valence-corrected chi connectivity index (χ1v) is 7.07. The minimum atomic E-state index is -0.569. The van der Waals surface area contributed by atoms with E-state index in [-0.39, 0.29) is 25.7 Å². The van der Waals surface area contributed by atoms with Crippen molar-refractivity contribution in [2.24, 2.45) is 0 Å². The van der Waals surface area contributed by atoms with Gasteiger partial charge in [0.05, 0.1) is 13.2 Å². The molecule has 0 radical (unpaired) electrons. The molecule has 22 heavy (non-hydrogen) atoms. The van der Waals surface area contributed by atoms with E-state index in [0.29, 0.717) is 24.8 Å². The Morgan fingerprint density at radius 2 is 1.77 bits per heavy atom. The first kappa shape index (κ1) is 19.9. The van der Waals surface area contributed by atoms with E-state index in [1.807, 2.05) is 0 Å². The van der Waals surface area contributed by atoms with E-state index in [1.54, 1.807) is 6.92 Å². The first-order chi connectivity index (χ1) is 10.5. The van der Waals surface area contributed by atoms with Gasteiger partial charge in [0.25, 0.3) is 0 Å². The monoisotopic (exact) mass is 316 g/mol. The minimum Gasteiger partial charge on any atom is -0.460 e. The van der Waals surface area contributed by atoms with Gasteiger partial charge in [-0.1, -0.05) is 6.58 Å². The summed E-state index contributed by atoms with van der Waals surface area (Å²) in [7, 11) is 1.52. The molecular formula is C14H24N2O6. The van der Waals surface area contributed by atoms with Crippen molar-refractivity contribution in [2.75, 3.05) is 26.8 Å². The number of rotatable bonds is 11. The topological polar surface area (TPSA) is 103 Å². The molecule has 0 spiro atoms. The van der Waals surface area contributed by atoms with Crippen molar-refractivity contribution in [3.05, 3.63) is 12.2 Å². The van der Waals surface area contributed by atoms with Crippen LogP contribution < -0.4 is 10.8 Å². The molecular weight excluding hydrogens is 292 g/mol. The zero-order valence-corrected chi connectivity index (χ0v) is 13.1. The predicted molar refractivity (Wildman–Crippen MR) is 78.7 cm³/mol. The molecule has 0 saturated heterocycles. The summed E-state index contributed by atoms with van der Waals surface area (Å²) in [6.45, 7) is 5.48. The summed E-state index contributed by atoms with van der Waals surface area (Å²) in [5.41, 5.74) is 2.62. The highest BCUT2D eigenvalue weighted by atomic mass is 16.7. The fourth-order valence-electron chi connectivity index (χ4n) is 1.35. The number of unbranched alkanes of at least 4 members (excludes halogenated alkanes) is 2. The van der Waals surface area contributed by atoms with Crippen LogP contribution in [0, 0.1) is 0 Å². The third-order valence-electron chi connectivity index (χ3n) is 2.43. The van der Waals surface area contributed by atoms with Gasteiger partial charge in [-0.15, -0.1) is 0 Å². The lowest BCUT2D eigenvalue weighted by molar-refractivity contribution is -0.150. The Kier molecular flexibility index (Phi) is 11.4. The molecule has 0 heterocycles. The van der Waals surface area contributed by atoms with Crippen LogP contribution in [0.1, 0.15) is 32.6 Å². The number of carbonyl (C=O) groups excluding carboxylic acids is 3. The summed E-state index contributed by atoms with van der Waals surface area (Å²) in [6, 6.07) is 0. The van der Waals surface area contributed by atoms with Gasteiger partial charge in [0.1, 0.15) is 6.61 Å². The van der Waals surface area contributed by atoms with Gasteiger partial charge in [-0.2, -0.15) is 5.48 Å². The van der Waals surface area contributed by atoms with E-state index in [0.717, 1.165) is 6.42 Å². The van der Waals surface area contributed by atoms with Gasteiger partial charge in [-0.25, -0.2) is 9.59 Å². The smallest absolute Gasteiger partial charge is 0.407 e. The lowest BCUT2D eigenvalue weighted by Gasteiger charge is -2.07. The van der Waals surface area contributed by atoms with Crippen molar-refractivity contribution < 1.29 is 28.7 Å². The van der Waals surface area contributed by atoms with E-state index < -0.39 is 12.1 Å². The summed E-state index contributed by atoms with van der Waals surface area (Å²) in [4.78, 5) is 37.9. The van der Waals surface area contributed by atoms with E-state index in [1.165, 1.54) is 7.05 Å². The predicted octanol–water partition coefficient (Wildman–Crippen LogP) is 1.07. The van der Waals surface area contributed by atoms with Crippen LogP contribution in [-0.4, -0.2) is 44.8 Å². The number of ether oxygens (including phenoxy) is 2. The highest BCUT2D eigenvalue weighted by Gasteiger charge is 2.05. The Bertz CT molecular complexity index is 384. The summed E-state index contributed by atoms with van der Waals surface area (Å²) < 4.78 is 9.71. The molecule has 0 bridgehead atoms. The fourth-order valence-corrected chi connectivity index (χ4v) is 1.35. The average Bonchev–Trinajstić information content (AvgIpc) is 2.47. The molecule has 0 saturated carbocycles. The van der Waals surface area contributed by atoms with Gasteiger partial charge in [0, 0.05) is 19.0 Å². The molecule has 0 aromatic carbocycles. The molecule has 0 aromatic heterocycles. The van der Waals surface area contributed by atoms with E-state index >= 15 is 0 Å². The zero-order chi connectivity index (χ0) is 16.8. The zero-order valence-electron chi connectivity index (χ0n) is 13.1. The third kappa shape index (κ3) is 11.7. The van der Waals surface area contributed by atoms with Crippen molar-refractivity contribution in [1.29, 1.82) is 0 Å². The Hall–Kier alpha value is -2.09. The maximum absolute atomic E-state index is 11.3. The molecule has 0 fully saturated rings. The van der Waals surface area contributed by atoms with Crippen molar-refractivity contribution in [1.82, 2.24) is 10.8 Å². The molecule has 0 aliphatic rings. The van der Waals surface area contributed by atoms with Crippen molar-refractivity contribution in [3.63, 3.8) is 0 Å².